The first-order valence-corrected chi connectivity index (χ1v) is 6.41. The van der Waals surface area contributed by atoms with Gasteiger partial charge in [-0.2, -0.15) is 0 Å². The lowest BCUT2D eigenvalue weighted by atomic mass is 10.1. The molecule has 2 aromatic carbocycles. The topological polar surface area (TPSA) is 58.6 Å². The van der Waals surface area contributed by atoms with E-state index in [4.69, 9.17) is 4.74 Å². The molecule has 104 valence electrons. The number of rotatable bonds is 5. The Balaban J connectivity index is 1.95. The van der Waals surface area contributed by atoms with Gasteiger partial charge < -0.3 is 15.2 Å². The second-order valence-electron chi connectivity index (χ2n) is 4.41. The molecule has 0 bridgehead atoms. The van der Waals surface area contributed by atoms with Gasteiger partial charge in [0.05, 0.1) is 6.10 Å². The van der Waals surface area contributed by atoms with Gasteiger partial charge in [-0.1, -0.05) is 36.4 Å². The second-order valence-corrected chi connectivity index (χ2v) is 4.41. The Morgan fingerprint density at radius 1 is 1.15 bits per heavy atom. The smallest absolute Gasteiger partial charge is 0.262 e. The van der Waals surface area contributed by atoms with Crippen LogP contribution < -0.4 is 10.1 Å². The average molecular weight is 271 g/mol. The fourth-order valence-electron chi connectivity index (χ4n) is 1.83. The summed E-state index contributed by atoms with van der Waals surface area (Å²) in [6, 6.07) is 16.3. The van der Waals surface area contributed by atoms with E-state index in [9.17, 15) is 9.90 Å². The third kappa shape index (κ3) is 3.83. The molecule has 0 spiro atoms. The third-order valence-corrected chi connectivity index (χ3v) is 2.80. The molecule has 0 aromatic heterocycles. The molecule has 4 nitrogen and oxygen atoms in total. The van der Waals surface area contributed by atoms with Crippen molar-refractivity contribution in [1.29, 1.82) is 0 Å². The monoisotopic (exact) mass is 271 g/mol. The number of hydrogen-bond acceptors (Lipinski definition) is 3. The van der Waals surface area contributed by atoms with Gasteiger partial charge in [0, 0.05) is 11.3 Å². The van der Waals surface area contributed by atoms with E-state index in [1.165, 1.54) is 0 Å². The highest BCUT2D eigenvalue weighted by molar-refractivity contribution is 5.92. The zero-order valence-electron chi connectivity index (χ0n) is 11.2. The van der Waals surface area contributed by atoms with Crippen LogP contribution in [-0.2, 0) is 4.79 Å². The van der Waals surface area contributed by atoms with Crippen LogP contribution in [0.15, 0.2) is 54.6 Å². The number of carbonyl (C=O) groups is 1. The maximum absolute atomic E-state index is 11.8. The molecule has 0 saturated heterocycles. The predicted octanol–water partition coefficient (Wildman–Crippen LogP) is 2.76. The number of nitrogens with one attached hydrogen (secondary N) is 1. The summed E-state index contributed by atoms with van der Waals surface area (Å²) in [6.07, 6.45) is -0.637. The van der Waals surface area contributed by atoms with Crippen LogP contribution in [-0.4, -0.2) is 17.6 Å². The van der Waals surface area contributed by atoms with Gasteiger partial charge in [0.1, 0.15) is 5.75 Å². The summed E-state index contributed by atoms with van der Waals surface area (Å²) < 4.78 is 5.37. The number of ether oxygens (including phenoxy) is 1. The summed E-state index contributed by atoms with van der Waals surface area (Å²) in [5.74, 6) is 0.383. The van der Waals surface area contributed by atoms with E-state index in [-0.39, 0.29) is 12.5 Å². The Morgan fingerprint density at radius 3 is 2.50 bits per heavy atom. The van der Waals surface area contributed by atoms with Crippen LogP contribution in [0, 0.1) is 0 Å². The zero-order valence-corrected chi connectivity index (χ0v) is 11.2. The van der Waals surface area contributed by atoms with Gasteiger partial charge in [0.2, 0.25) is 0 Å². The van der Waals surface area contributed by atoms with Gasteiger partial charge in [0.15, 0.2) is 6.61 Å². The molecule has 1 amide bonds. The summed E-state index contributed by atoms with van der Waals surface area (Å²) in [5.41, 5.74) is 1.28. The van der Waals surface area contributed by atoms with E-state index in [0.29, 0.717) is 17.0 Å². The van der Waals surface area contributed by atoms with Gasteiger partial charge in [-0.15, -0.1) is 0 Å². The Kier molecular flexibility index (Phi) is 4.74. The minimum atomic E-state index is -0.637. The molecule has 0 saturated carbocycles. The molecule has 0 aliphatic heterocycles. The molecule has 20 heavy (non-hydrogen) atoms. The van der Waals surface area contributed by atoms with Crippen LogP contribution in [0.4, 0.5) is 5.69 Å². The number of aliphatic hydroxyl groups excluding tert-OH is 1. The van der Waals surface area contributed by atoms with E-state index in [1.54, 1.807) is 37.3 Å². The number of anilines is 1. The van der Waals surface area contributed by atoms with Gasteiger partial charge in [-0.05, 0) is 25.1 Å². The number of hydrogen-bond donors (Lipinski definition) is 2. The number of benzene rings is 2. The molecule has 0 aliphatic rings. The maximum atomic E-state index is 11.8. The van der Waals surface area contributed by atoms with Crippen LogP contribution in [0.2, 0.25) is 0 Å². The lowest BCUT2D eigenvalue weighted by Gasteiger charge is -2.13. The molecule has 2 rings (SSSR count). The highest BCUT2D eigenvalue weighted by Crippen LogP contribution is 2.22. The van der Waals surface area contributed by atoms with E-state index in [1.807, 2.05) is 24.3 Å². The van der Waals surface area contributed by atoms with Crippen LogP contribution in [0.5, 0.6) is 5.75 Å². The third-order valence-electron chi connectivity index (χ3n) is 2.80. The van der Waals surface area contributed by atoms with Gasteiger partial charge in [-0.25, -0.2) is 0 Å². The van der Waals surface area contributed by atoms with Crippen molar-refractivity contribution in [2.75, 3.05) is 11.9 Å². The van der Waals surface area contributed by atoms with E-state index >= 15 is 0 Å². The molecule has 1 unspecified atom stereocenters. The molecule has 0 radical (unpaired) electrons. The predicted molar refractivity (Wildman–Crippen MR) is 77.6 cm³/mol. The highest BCUT2D eigenvalue weighted by Gasteiger charge is 2.10. The highest BCUT2D eigenvalue weighted by atomic mass is 16.5. The van der Waals surface area contributed by atoms with Crippen molar-refractivity contribution in [2.45, 2.75) is 13.0 Å². The first-order chi connectivity index (χ1) is 9.66. The SMILES string of the molecule is CC(O)c1ccccc1NC(=O)COc1ccccc1. The van der Waals surface area contributed by atoms with Crippen LogP contribution in [0.25, 0.3) is 0 Å². The molecule has 2 aromatic rings. The molecular weight excluding hydrogens is 254 g/mol. The van der Waals surface area contributed by atoms with Crippen molar-refractivity contribution < 1.29 is 14.6 Å². The van der Waals surface area contributed by atoms with Crippen LogP contribution in [0.1, 0.15) is 18.6 Å². The molecular formula is C16H17NO3. The lowest BCUT2D eigenvalue weighted by molar-refractivity contribution is -0.118. The minimum absolute atomic E-state index is 0.0713. The van der Waals surface area contributed by atoms with Gasteiger partial charge >= 0.3 is 0 Å². The average Bonchev–Trinajstić information content (AvgIpc) is 2.46. The quantitative estimate of drug-likeness (QED) is 0.879. The molecule has 2 N–H and O–H groups in total. The number of aliphatic hydroxyl groups is 1. The van der Waals surface area contributed by atoms with Gasteiger partial charge in [0.25, 0.3) is 5.91 Å². The summed E-state index contributed by atoms with van der Waals surface area (Å²) in [5, 5.41) is 12.4. The molecule has 0 heterocycles. The summed E-state index contributed by atoms with van der Waals surface area (Å²) in [7, 11) is 0. The van der Waals surface area contributed by atoms with Gasteiger partial charge in [-0.3, -0.25) is 4.79 Å². The second kappa shape index (κ2) is 6.73. The first kappa shape index (κ1) is 14.1. The summed E-state index contributed by atoms with van der Waals surface area (Å²) in [6.45, 7) is 1.59. The first-order valence-electron chi connectivity index (χ1n) is 6.41. The molecule has 1 atom stereocenters. The summed E-state index contributed by atoms with van der Waals surface area (Å²) in [4.78, 5) is 11.8. The molecule has 4 heteroatoms. The number of para-hydroxylation sites is 2. The van der Waals surface area contributed by atoms with Crippen molar-refractivity contribution in [1.82, 2.24) is 0 Å². The van der Waals surface area contributed by atoms with Crippen LogP contribution in [0.3, 0.4) is 0 Å². The normalized spacial score (nSPS) is 11.7. The van der Waals surface area contributed by atoms with E-state index < -0.39 is 6.10 Å². The number of amides is 1. The van der Waals surface area contributed by atoms with Crippen molar-refractivity contribution in [2.24, 2.45) is 0 Å². The van der Waals surface area contributed by atoms with E-state index in [0.717, 1.165) is 0 Å². The van der Waals surface area contributed by atoms with E-state index in [2.05, 4.69) is 5.32 Å². The Hall–Kier alpha value is -2.33. The number of carbonyl (C=O) groups excluding carboxylic acids is 1. The Labute approximate surface area is 118 Å². The van der Waals surface area contributed by atoms with Crippen LogP contribution >= 0.6 is 0 Å². The Bertz CT molecular complexity index is 567. The zero-order chi connectivity index (χ0) is 14.4. The standard InChI is InChI=1S/C16H17NO3/c1-12(18)14-9-5-6-10-15(14)17-16(19)11-20-13-7-3-2-4-8-13/h2-10,12,18H,11H2,1H3,(H,17,19). The van der Waals surface area contributed by atoms with Crippen molar-refractivity contribution in [3.63, 3.8) is 0 Å². The van der Waals surface area contributed by atoms with Crippen molar-refractivity contribution >= 4 is 11.6 Å². The summed E-state index contributed by atoms with van der Waals surface area (Å²) >= 11 is 0. The van der Waals surface area contributed by atoms with Crippen molar-refractivity contribution in [3.8, 4) is 5.75 Å². The fraction of sp³-hybridized carbons (Fsp3) is 0.188. The largest absolute Gasteiger partial charge is 0.484 e. The Morgan fingerprint density at radius 2 is 1.80 bits per heavy atom. The molecule has 0 aliphatic carbocycles. The lowest BCUT2D eigenvalue weighted by Crippen LogP contribution is -2.21. The maximum Gasteiger partial charge on any atom is 0.262 e. The minimum Gasteiger partial charge on any atom is -0.484 e. The fourth-order valence-corrected chi connectivity index (χ4v) is 1.83. The molecule has 0 fully saturated rings. The van der Waals surface area contributed by atoms with Crippen molar-refractivity contribution in [3.05, 3.63) is 60.2 Å².